The molecule has 1 aromatic heterocycles. The molecule has 0 aliphatic carbocycles. The minimum absolute atomic E-state index is 0.244. The van der Waals surface area contributed by atoms with Crippen LogP contribution in [0.4, 0.5) is 0 Å². The maximum absolute atomic E-state index is 5.60. The molecule has 3 heteroatoms. The molecule has 2 nitrogen and oxygen atoms in total. The van der Waals surface area contributed by atoms with Gasteiger partial charge in [-0.25, -0.2) is 0 Å². The molecule has 1 aliphatic heterocycles. The number of nitrogens with one attached hydrogen (secondary N) is 1. The fourth-order valence-corrected chi connectivity index (χ4v) is 4.21. The van der Waals surface area contributed by atoms with E-state index in [4.69, 9.17) is 4.74 Å². The zero-order chi connectivity index (χ0) is 14.2. The summed E-state index contributed by atoms with van der Waals surface area (Å²) >= 11 is 1.86. The molecule has 1 unspecified atom stereocenters. The van der Waals surface area contributed by atoms with Gasteiger partial charge in [-0.05, 0) is 41.8 Å². The van der Waals surface area contributed by atoms with Crippen molar-refractivity contribution in [1.29, 1.82) is 0 Å². The normalized spacial score (nSPS) is 14.9. The number of hydrogen-bond acceptors (Lipinski definition) is 3. The lowest BCUT2D eigenvalue weighted by Gasteiger charge is -2.16. The highest BCUT2D eigenvalue weighted by Crippen LogP contribution is 2.35. The van der Waals surface area contributed by atoms with Crippen molar-refractivity contribution in [2.24, 2.45) is 0 Å². The summed E-state index contributed by atoms with van der Waals surface area (Å²) < 4.78 is 6.95. The van der Waals surface area contributed by atoms with E-state index in [1.807, 2.05) is 18.4 Å². The van der Waals surface area contributed by atoms with Gasteiger partial charge < -0.3 is 10.1 Å². The highest BCUT2D eigenvalue weighted by molar-refractivity contribution is 7.19. The van der Waals surface area contributed by atoms with Crippen LogP contribution in [0.1, 0.15) is 22.0 Å². The molecule has 1 aliphatic rings. The fourth-order valence-electron chi connectivity index (χ4n) is 3.00. The highest BCUT2D eigenvalue weighted by Gasteiger charge is 2.18. The van der Waals surface area contributed by atoms with E-state index in [0.717, 1.165) is 18.8 Å². The Morgan fingerprint density at radius 2 is 2.05 bits per heavy atom. The first-order valence-corrected chi connectivity index (χ1v) is 8.08. The topological polar surface area (TPSA) is 21.3 Å². The van der Waals surface area contributed by atoms with Crippen molar-refractivity contribution >= 4 is 21.4 Å². The molecular formula is C18H17NOS. The van der Waals surface area contributed by atoms with Crippen LogP contribution in [-0.2, 0) is 6.42 Å². The first-order chi connectivity index (χ1) is 10.3. The Kier molecular flexibility index (Phi) is 3.17. The van der Waals surface area contributed by atoms with E-state index >= 15 is 0 Å². The molecule has 21 heavy (non-hydrogen) atoms. The third-order valence-electron chi connectivity index (χ3n) is 4.06. The van der Waals surface area contributed by atoms with Gasteiger partial charge in [0.1, 0.15) is 5.75 Å². The Morgan fingerprint density at radius 1 is 1.14 bits per heavy atom. The first-order valence-electron chi connectivity index (χ1n) is 7.26. The van der Waals surface area contributed by atoms with E-state index in [0.29, 0.717) is 0 Å². The maximum Gasteiger partial charge on any atom is 0.122 e. The summed E-state index contributed by atoms with van der Waals surface area (Å²) in [4.78, 5) is 1.36. The summed E-state index contributed by atoms with van der Waals surface area (Å²) in [5.74, 6) is 1.05. The van der Waals surface area contributed by atoms with E-state index in [1.165, 1.54) is 26.1 Å². The highest BCUT2D eigenvalue weighted by atomic mass is 32.1. The van der Waals surface area contributed by atoms with Gasteiger partial charge in [-0.3, -0.25) is 0 Å². The van der Waals surface area contributed by atoms with Crippen molar-refractivity contribution < 1.29 is 4.74 Å². The summed E-state index contributed by atoms with van der Waals surface area (Å²) in [5.41, 5.74) is 2.64. The van der Waals surface area contributed by atoms with Gasteiger partial charge in [0, 0.05) is 16.0 Å². The third kappa shape index (κ3) is 2.23. The van der Waals surface area contributed by atoms with Gasteiger partial charge >= 0.3 is 0 Å². The molecule has 4 rings (SSSR count). The van der Waals surface area contributed by atoms with Crippen LogP contribution in [0.15, 0.2) is 48.5 Å². The smallest absolute Gasteiger partial charge is 0.122 e. The zero-order valence-electron chi connectivity index (χ0n) is 11.9. The van der Waals surface area contributed by atoms with E-state index in [-0.39, 0.29) is 6.04 Å². The van der Waals surface area contributed by atoms with Crippen LogP contribution in [-0.4, -0.2) is 13.7 Å². The summed E-state index contributed by atoms with van der Waals surface area (Å²) in [6.07, 6.45) is 1.02. The quantitative estimate of drug-likeness (QED) is 0.784. The summed E-state index contributed by atoms with van der Waals surface area (Å²) in [6.45, 7) is 0.811. The van der Waals surface area contributed by atoms with Gasteiger partial charge in [0.2, 0.25) is 0 Å². The van der Waals surface area contributed by atoms with E-state index in [9.17, 15) is 0 Å². The molecule has 1 N–H and O–H groups in total. The molecule has 2 heterocycles. The molecule has 0 saturated carbocycles. The van der Waals surface area contributed by atoms with Crippen LogP contribution in [0.5, 0.6) is 5.75 Å². The number of rotatable bonds is 3. The number of benzene rings is 2. The zero-order valence-corrected chi connectivity index (χ0v) is 12.7. The first kappa shape index (κ1) is 12.9. The summed E-state index contributed by atoms with van der Waals surface area (Å²) in [7, 11) is 2.03. The van der Waals surface area contributed by atoms with E-state index in [2.05, 4.69) is 53.8 Å². The van der Waals surface area contributed by atoms with Gasteiger partial charge in [-0.2, -0.15) is 0 Å². The third-order valence-corrected chi connectivity index (χ3v) is 5.25. The van der Waals surface area contributed by atoms with Crippen LogP contribution < -0.4 is 10.1 Å². The second kappa shape index (κ2) is 5.17. The number of hydrogen-bond donors (Lipinski definition) is 1. The number of thiophene rings is 1. The second-order valence-corrected chi connectivity index (χ2v) is 6.49. The average molecular weight is 295 g/mol. The minimum Gasteiger partial charge on any atom is -0.493 e. The van der Waals surface area contributed by atoms with E-state index in [1.54, 1.807) is 0 Å². The molecule has 1 atom stereocenters. The lowest BCUT2D eigenvalue weighted by Crippen LogP contribution is -2.16. The van der Waals surface area contributed by atoms with Crippen LogP contribution in [0.25, 0.3) is 10.1 Å². The van der Waals surface area contributed by atoms with Crippen molar-refractivity contribution in [3.05, 3.63) is 64.5 Å². The molecule has 2 aromatic carbocycles. The molecule has 0 fully saturated rings. The SMILES string of the molecule is CNC(c1ccc2c(c1)CCO2)c1cc2ccccc2s1. The standard InChI is InChI=1S/C18H17NOS/c1-19-18(14-6-7-15-12(10-14)8-9-20-15)17-11-13-4-2-3-5-16(13)21-17/h2-7,10-11,18-19H,8-9H2,1H3. The van der Waals surface area contributed by atoms with Crippen LogP contribution >= 0.6 is 11.3 Å². The van der Waals surface area contributed by atoms with Crippen LogP contribution in [0.3, 0.4) is 0 Å². The van der Waals surface area contributed by atoms with Crippen molar-refractivity contribution in [2.45, 2.75) is 12.5 Å². The lowest BCUT2D eigenvalue weighted by molar-refractivity contribution is 0.357. The van der Waals surface area contributed by atoms with Crippen LogP contribution in [0.2, 0.25) is 0 Å². The lowest BCUT2D eigenvalue weighted by atomic mass is 10.0. The van der Waals surface area contributed by atoms with Crippen LogP contribution in [0, 0.1) is 0 Å². The predicted octanol–water partition coefficient (Wildman–Crippen LogP) is 4.15. The Balaban J connectivity index is 1.77. The largest absolute Gasteiger partial charge is 0.493 e. The Morgan fingerprint density at radius 3 is 2.90 bits per heavy atom. The Labute approximate surface area is 128 Å². The average Bonchev–Trinajstić information content (AvgIpc) is 3.13. The monoisotopic (exact) mass is 295 g/mol. The predicted molar refractivity (Wildman–Crippen MR) is 88.4 cm³/mol. The molecule has 106 valence electrons. The van der Waals surface area contributed by atoms with Gasteiger partial charge in [0.05, 0.1) is 12.6 Å². The van der Waals surface area contributed by atoms with Gasteiger partial charge in [-0.15, -0.1) is 11.3 Å². The van der Waals surface area contributed by atoms with E-state index < -0.39 is 0 Å². The summed E-state index contributed by atoms with van der Waals surface area (Å²) in [5, 5.41) is 4.78. The van der Waals surface area contributed by atoms with Crippen molar-refractivity contribution in [3.8, 4) is 5.75 Å². The minimum atomic E-state index is 0.244. The Hall–Kier alpha value is -1.84. The number of fused-ring (bicyclic) bond motifs is 2. The second-order valence-electron chi connectivity index (χ2n) is 5.37. The van der Waals surface area contributed by atoms with Crippen molar-refractivity contribution in [3.63, 3.8) is 0 Å². The number of ether oxygens (including phenoxy) is 1. The van der Waals surface area contributed by atoms with Crippen molar-refractivity contribution in [1.82, 2.24) is 5.32 Å². The molecular weight excluding hydrogens is 278 g/mol. The van der Waals surface area contributed by atoms with Gasteiger partial charge in [0.25, 0.3) is 0 Å². The molecule has 0 radical (unpaired) electrons. The van der Waals surface area contributed by atoms with Gasteiger partial charge in [0.15, 0.2) is 0 Å². The van der Waals surface area contributed by atoms with Gasteiger partial charge in [-0.1, -0.05) is 30.3 Å². The van der Waals surface area contributed by atoms with Crippen molar-refractivity contribution in [2.75, 3.05) is 13.7 Å². The Bertz CT molecular complexity index is 760. The molecule has 0 saturated heterocycles. The fraction of sp³-hybridized carbons (Fsp3) is 0.222. The molecule has 0 bridgehead atoms. The molecule has 0 spiro atoms. The summed E-state index contributed by atoms with van der Waals surface area (Å²) in [6, 6.07) is 17.7. The molecule has 0 amide bonds. The maximum atomic E-state index is 5.60. The molecule has 3 aromatic rings.